The Morgan fingerprint density at radius 3 is 1.51 bits per heavy atom. The molecule has 31 heteroatoms. The van der Waals surface area contributed by atoms with Gasteiger partial charge in [0.15, 0.2) is 0 Å². The van der Waals surface area contributed by atoms with Gasteiger partial charge >= 0.3 is 47.8 Å². The van der Waals surface area contributed by atoms with E-state index in [1.165, 1.54) is 0 Å². The second-order valence-corrected chi connectivity index (χ2v) is 27.3. The summed E-state index contributed by atoms with van der Waals surface area (Å²) in [7, 11) is 0. The summed E-state index contributed by atoms with van der Waals surface area (Å²) in [6, 6.07) is 15.5. The number of carbonyl (C=O) groups is 14. The van der Waals surface area contributed by atoms with Crippen LogP contribution in [0.5, 0.6) is 0 Å². The van der Waals surface area contributed by atoms with Crippen LogP contribution < -0.4 is 31.9 Å². The average Bonchev–Trinajstić information content (AvgIpc) is 0.836. The Morgan fingerprint density at radius 2 is 0.990 bits per heavy atom. The van der Waals surface area contributed by atoms with Crippen LogP contribution in [0.4, 0.5) is 4.79 Å². The van der Waals surface area contributed by atoms with Gasteiger partial charge in [-0.2, -0.15) is 0 Å². The fraction of sp³-hybridized carbons (Fsp3) is 0.583. The van der Waals surface area contributed by atoms with Gasteiger partial charge in [0.05, 0.1) is 32.1 Å². The van der Waals surface area contributed by atoms with E-state index >= 15 is 0 Å². The Morgan fingerprint density at radius 1 is 0.456 bits per heavy atom. The normalized spacial score (nSPS) is 17.6. The van der Waals surface area contributed by atoms with E-state index < -0.39 is 152 Å². The lowest BCUT2D eigenvalue weighted by Crippen LogP contribution is -2.53. The van der Waals surface area contributed by atoms with Crippen LogP contribution in [0.2, 0.25) is 0 Å². The molecule has 0 bridgehead atoms. The number of carboxylic acids is 7. The second kappa shape index (κ2) is 43.5. The molecule has 566 valence electrons. The number of nitrogens with zero attached hydrogens (tertiary/aromatic N) is 4. The van der Waals surface area contributed by atoms with Crippen molar-refractivity contribution in [1.29, 1.82) is 0 Å². The van der Waals surface area contributed by atoms with Crippen LogP contribution in [0.3, 0.4) is 0 Å². The van der Waals surface area contributed by atoms with Crippen molar-refractivity contribution < 1.29 is 103 Å². The number of hydrogen-bond acceptors (Lipinski definition) is 18. The first-order valence-electron chi connectivity index (χ1n) is 35.2. The molecule has 2 aliphatic rings. The zero-order valence-electron chi connectivity index (χ0n) is 58.9. The van der Waals surface area contributed by atoms with Crippen LogP contribution in [0.25, 0.3) is 10.8 Å². The number of ketones is 2. The Hall–Kier alpha value is -9.46. The lowest BCUT2D eigenvalue weighted by molar-refractivity contribution is -0.146. The van der Waals surface area contributed by atoms with E-state index in [0.717, 1.165) is 28.3 Å². The number of aliphatic carboxylic acids is 7. The molecule has 6 unspecified atom stereocenters. The van der Waals surface area contributed by atoms with Gasteiger partial charge in [0.2, 0.25) is 23.6 Å². The van der Waals surface area contributed by atoms with Gasteiger partial charge in [0, 0.05) is 115 Å². The molecule has 31 nitrogen and oxygen atoms in total. The molecule has 2 fully saturated rings. The predicted molar refractivity (Wildman–Crippen MR) is 374 cm³/mol. The maximum atomic E-state index is 14.3. The number of carboxylic acid groups (broad SMARTS) is 7. The highest BCUT2D eigenvalue weighted by Crippen LogP contribution is 2.32. The topological polar surface area (TPSA) is 466 Å². The summed E-state index contributed by atoms with van der Waals surface area (Å²) in [4.78, 5) is 185. The fourth-order valence-corrected chi connectivity index (χ4v) is 12.8. The van der Waals surface area contributed by atoms with E-state index in [1.54, 1.807) is 26.5 Å². The number of hydrogen-bond donors (Lipinski definition) is 13. The number of carbonyl (C=O) groups excluding carboxylic acids is 7. The summed E-state index contributed by atoms with van der Waals surface area (Å²) in [6.45, 7) is 5.26. The monoisotopic (exact) mass is 1440 g/mol. The Labute approximate surface area is 598 Å². The van der Waals surface area contributed by atoms with Crippen molar-refractivity contribution in [3.05, 3.63) is 83.4 Å². The molecule has 1 saturated heterocycles. The largest absolute Gasteiger partial charge is 0.481 e. The van der Waals surface area contributed by atoms with Crippen molar-refractivity contribution in [2.75, 3.05) is 98.2 Å². The number of benzene rings is 3. The summed E-state index contributed by atoms with van der Waals surface area (Å²) < 4.78 is 0. The highest BCUT2D eigenvalue weighted by Gasteiger charge is 2.34. The molecular formula is C72H102N10O21. The Kier molecular flexibility index (Phi) is 35.5. The van der Waals surface area contributed by atoms with Crippen molar-refractivity contribution in [2.45, 2.75) is 141 Å². The van der Waals surface area contributed by atoms with E-state index in [-0.39, 0.29) is 141 Å². The van der Waals surface area contributed by atoms with Crippen molar-refractivity contribution in [3.8, 4) is 0 Å². The average molecular weight is 1440 g/mol. The number of urea groups is 1. The molecular weight excluding hydrogens is 1340 g/mol. The SMILES string of the molecule is CC(C)Cc1ccc(C(C)C(=O)CC(CC(=O)NCCC(NC(=O)CN2CCN(CC(=O)O)CCN(CC(=O)O)CCN(CC(=O)O)CC2)C(=O)NCC2CCC(C(=O)CC(Cc3ccc4ccccc4c3)C(=O)NCCCCC(NC(=O)NC(CCC(=O)O)C(=O)O)C(=O)O)CC2)C(=O)O)cc1. The van der Waals surface area contributed by atoms with Gasteiger partial charge in [-0.05, 0) is 110 Å². The van der Waals surface area contributed by atoms with E-state index in [1.807, 2.05) is 66.7 Å². The van der Waals surface area contributed by atoms with Crippen molar-refractivity contribution in [3.63, 3.8) is 0 Å². The maximum Gasteiger partial charge on any atom is 0.326 e. The molecule has 1 saturated carbocycles. The lowest BCUT2D eigenvalue weighted by atomic mass is 9.77. The number of fused-ring (bicyclic) bond motifs is 1. The van der Waals surface area contributed by atoms with Crippen LogP contribution in [-0.4, -0.2) is 255 Å². The number of nitrogens with one attached hydrogen (secondary N) is 6. The number of rotatable bonds is 42. The number of amides is 6. The Bertz CT molecular complexity index is 3370. The van der Waals surface area contributed by atoms with Crippen LogP contribution in [-0.2, 0) is 75.2 Å². The van der Waals surface area contributed by atoms with Crippen LogP contribution in [0.1, 0.15) is 127 Å². The third-order valence-electron chi connectivity index (χ3n) is 18.7. The predicted octanol–water partition coefficient (Wildman–Crippen LogP) is 2.76. The molecule has 3 aromatic rings. The van der Waals surface area contributed by atoms with Crippen LogP contribution in [0.15, 0.2) is 66.7 Å². The molecule has 13 N–H and O–H groups in total. The van der Waals surface area contributed by atoms with Gasteiger partial charge in [-0.15, -0.1) is 0 Å². The van der Waals surface area contributed by atoms with E-state index in [9.17, 15) is 97.8 Å². The molecule has 0 spiro atoms. The van der Waals surface area contributed by atoms with Gasteiger partial charge in [-0.1, -0.05) is 87.5 Å². The zero-order chi connectivity index (χ0) is 75.7. The molecule has 103 heavy (non-hydrogen) atoms. The maximum absolute atomic E-state index is 14.3. The zero-order valence-corrected chi connectivity index (χ0v) is 58.9. The second-order valence-electron chi connectivity index (χ2n) is 27.3. The standard InChI is InChI=1S/C72H102N10O21/c1-45(2)34-47-11-16-50(17-12-47)46(3)59(83)38-55(69(97)98)39-61(85)73-25-23-56(76-62(86)41-79-26-28-80(42-64(89)90)30-32-82(44-66(93)94)33-31-81(29-27-79)43-65(91)92)68(96)75-40-48-13-19-52(20-14-48)60(84)37-54(36-49-15-18-51-8-4-5-9-53(51)35-49)67(95)74-24-7-6-10-57(70(99)100)77-72(103)78-58(71(101)102)21-22-63(87)88/h4-5,8-9,11-12,15-18,35,45-46,48,52,54-58H,6-7,10,13-14,19-34,36-44H2,1-3H3,(H,73,85)(H,74,95)(H,75,96)(H,76,86)(H,87,88)(H,89,90)(H,91,92)(H,93,94)(H,97,98)(H,99,100)(H,101,102)(H2,77,78,103). The molecule has 3 aromatic carbocycles. The minimum absolute atomic E-state index is 0.0823. The van der Waals surface area contributed by atoms with E-state index in [0.29, 0.717) is 37.2 Å². The van der Waals surface area contributed by atoms with Crippen molar-refractivity contribution in [2.24, 2.45) is 29.6 Å². The first-order valence-corrected chi connectivity index (χ1v) is 35.2. The molecule has 0 radical (unpaired) electrons. The molecule has 5 rings (SSSR count). The van der Waals surface area contributed by atoms with Crippen molar-refractivity contribution in [1.82, 2.24) is 51.5 Å². The molecule has 1 heterocycles. The summed E-state index contributed by atoms with van der Waals surface area (Å²) in [5.74, 6) is -14.9. The van der Waals surface area contributed by atoms with Gasteiger partial charge in [0.25, 0.3) is 0 Å². The number of unbranched alkanes of at least 4 members (excludes halogenated alkanes) is 1. The first-order chi connectivity index (χ1) is 48.9. The van der Waals surface area contributed by atoms with Gasteiger partial charge in [-0.3, -0.25) is 72.3 Å². The minimum Gasteiger partial charge on any atom is -0.481 e. The smallest absolute Gasteiger partial charge is 0.326 e. The van der Waals surface area contributed by atoms with Crippen molar-refractivity contribution >= 4 is 93.8 Å². The Balaban J connectivity index is 1.24. The molecule has 6 amide bonds. The third kappa shape index (κ3) is 31.8. The minimum atomic E-state index is -1.58. The number of Topliss-reactive ketones (excluding diaryl/α,β-unsaturated/α-hetero) is 2. The van der Waals surface area contributed by atoms with E-state index in [4.69, 9.17) is 5.11 Å². The molecule has 6 atom stereocenters. The summed E-state index contributed by atoms with van der Waals surface area (Å²) in [6.07, 6.45) is 0.925. The van der Waals surface area contributed by atoms with Gasteiger partial charge < -0.3 is 67.6 Å². The summed E-state index contributed by atoms with van der Waals surface area (Å²) in [5.41, 5.74) is 2.60. The molecule has 1 aliphatic heterocycles. The van der Waals surface area contributed by atoms with Crippen LogP contribution >= 0.6 is 0 Å². The van der Waals surface area contributed by atoms with E-state index in [2.05, 4.69) is 45.7 Å². The fourth-order valence-electron chi connectivity index (χ4n) is 12.8. The summed E-state index contributed by atoms with van der Waals surface area (Å²) >= 11 is 0. The quantitative estimate of drug-likeness (QED) is 0.0363. The highest BCUT2D eigenvalue weighted by molar-refractivity contribution is 5.92. The highest BCUT2D eigenvalue weighted by atomic mass is 16.4. The van der Waals surface area contributed by atoms with Crippen LogP contribution in [0, 0.1) is 29.6 Å². The first kappa shape index (κ1) is 84.2. The summed E-state index contributed by atoms with van der Waals surface area (Å²) in [5, 5.41) is 84.8. The molecule has 1 aliphatic carbocycles. The third-order valence-corrected chi connectivity index (χ3v) is 18.7. The van der Waals surface area contributed by atoms with Gasteiger partial charge in [0.1, 0.15) is 29.7 Å². The lowest BCUT2D eigenvalue weighted by Gasteiger charge is -2.33. The van der Waals surface area contributed by atoms with Gasteiger partial charge in [-0.25, -0.2) is 14.4 Å². The molecule has 0 aromatic heterocycles.